The highest BCUT2D eigenvalue weighted by Crippen LogP contribution is 2.22. The third-order valence-corrected chi connectivity index (χ3v) is 4.46. The normalized spacial score (nSPS) is 13.3. The highest BCUT2D eigenvalue weighted by Gasteiger charge is 2.24. The van der Waals surface area contributed by atoms with E-state index in [-0.39, 0.29) is 9.80 Å². The van der Waals surface area contributed by atoms with Crippen molar-refractivity contribution in [2.24, 2.45) is 0 Å². The molecule has 1 aromatic carbocycles. The lowest BCUT2D eigenvalue weighted by Gasteiger charge is -2.13. The third-order valence-electron chi connectivity index (χ3n) is 2.60. The van der Waals surface area contributed by atoms with Crippen LogP contribution in [0.15, 0.2) is 46.7 Å². The maximum atomic E-state index is 12.1. The second-order valence-corrected chi connectivity index (χ2v) is 5.94. The van der Waals surface area contributed by atoms with Gasteiger partial charge in [-0.1, -0.05) is 44.5 Å². The van der Waals surface area contributed by atoms with Crippen molar-refractivity contribution in [3.63, 3.8) is 0 Å². The molecule has 0 aromatic heterocycles. The number of rotatable bonds is 6. The second kappa shape index (κ2) is 5.98. The molecule has 0 aliphatic carbocycles. The van der Waals surface area contributed by atoms with Gasteiger partial charge in [0.1, 0.15) is 0 Å². The fourth-order valence-corrected chi connectivity index (χ4v) is 2.78. The fourth-order valence-electron chi connectivity index (χ4n) is 1.49. The number of aliphatic hydroxyl groups excluding tert-OH is 1. The minimum Gasteiger partial charge on any atom is -0.388 e. The molecule has 0 radical (unpaired) electrons. The topological polar surface area (TPSA) is 54.4 Å². The number of unbranched alkanes of at least 4 members (excludes halogenated alkanes) is 1. The highest BCUT2D eigenvalue weighted by molar-refractivity contribution is 7.95. The van der Waals surface area contributed by atoms with Gasteiger partial charge in [0.2, 0.25) is 9.84 Å². The lowest BCUT2D eigenvalue weighted by Crippen LogP contribution is -2.17. The second-order valence-electron chi connectivity index (χ2n) is 3.94. The number of hydrogen-bond donors (Lipinski definition) is 1. The largest absolute Gasteiger partial charge is 0.388 e. The average Bonchev–Trinajstić information content (AvgIpc) is 2.36. The van der Waals surface area contributed by atoms with Gasteiger partial charge >= 0.3 is 0 Å². The quantitative estimate of drug-likeness (QED) is 0.848. The van der Waals surface area contributed by atoms with Crippen LogP contribution >= 0.6 is 0 Å². The van der Waals surface area contributed by atoms with Gasteiger partial charge in [0.25, 0.3) is 0 Å². The molecule has 0 fully saturated rings. The van der Waals surface area contributed by atoms with E-state index in [1.54, 1.807) is 18.2 Å². The SMILES string of the molecule is C=C(C(O)CCCC)S(=O)(=O)c1ccccc1. The molecule has 17 heavy (non-hydrogen) atoms. The molecular formula is C13H18O3S. The molecule has 1 unspecified atom stereocenters. The zero-order valence-electron chi connectivity index (χ0n) is 9.96. The van der Waals surface area contributed by atoms with E-state index < -0.39 is 15.9 Å². The van der Waals surface area contributed by atoms with E-state index in [2.05, 4.69) is 6.58 Å². The van der Waals surface area contributed by atoms with Crippen molar-refractivity contribution in [1.29, 1.82) is 0 Å². The maximum Gasteiger partial charge on any atom is 0.204 e. The Balaban J connectivity index is 2.88. The Hall–Kier alpha value is -1.13. The minimum atomic E-state index is -3.61. The molecule has 1 aromatic rings. The van der Waals surface area contributed by atoms with Crippen molar-refractivity contribution in [3.8, 4) is 0 Å². The summed E-state index contributed by atoms with van der Waals surface area (Å²) in [5.41, 5.74) is 0. The first kappa shape index (κ1) is 13.9. The molecule has 4 heteroatoms. The molecule has 1 N–H and O–H groups in total. The standard InChI is InChI=1S/C13H18O3S/c1-3-4-10-13(14)11(2)17(15,16)12-8-6-5-7-9-12/h5-9,13-14H,2-4,10H2,1H3. The van der Waals surface area contributed by atoms with Gasteiger partial charge in [-0.3, -0.25) is 0 Å². The van der Waals surface area contributed by atoms with Crippen LogP contribution in [0.1, 0.15) is 26.2 Å². The van der Waals surface area contributed by atoms with Gasteiger partial charge in [-0.15, -0.1) is 0 Å². The Morgan fingerprint density at radius 2 is 1.94 bits per heavy atom. The Labute approximate surface area is 103 Å². The van der Waals surface area contributed by atoms with E-state index in [9.17, 15) is 13.5 Å². The third kappa shape index (κ3) is 3.41. The van der Waals surface area contributed by atoms with E-state index in [0.717, 1.165) is 12.8 Å². The van der Waals surface area contributed by atoms with Crippen LogP contribution in [-0.4, -0.2) is 19.6 Å². The van der Waals surface area contributed by atoms with Crippen LogP contribution < -0.4 is 0 Å². The lowest BCUT2D eigenvalue weighted by molar-refractivity contribution is 0.204. The van der Waals surface area contributed by atoms with E-state index in [1.165, 1.54) is 12.1 Å². The van der Waals surface area contributed by atoms with Gasteiger partial charge < -0.3 is 5.11 Å². The molecule has 0 bridgehead atoms. The zero-order valence-corrected chi connectivity index (χ0v) is 10.8. The monoisotopic (exact) mass is 254 g/mol. The van der Waals surface area contributed by atoms with Gasteiger partial charge in [0.15, 0.2) is 0 Å². The van der Waals surface area contributed by atoms with Crippen LogP contribution in [0, 0.1) is 0 Å². The molecule has 0 aliphatic rings. The summed E-state index contributed by atoms with van der Waals surface area (Å²) in [6.07, 6.45) is 1.14. The summed E-state index contributed by atoms with van der Waals surface area (Å²) in [6.45, 7) is 5.50. The Bertz CT molecular complexity index is 463. The summed E-state index contributed by atoms with van der Waals surface area (Å²) in [5, 5.41) is 9.77. The molecule has 0 saturated carbocycles. The van der Waals surface area contributed by atoms with E-state index in [0.29, 0.717) is 6.42 Å². The molecule has 0 spiro atoms. The molecule has 1 atom stereocenters. The number of sulfone groups is 1. The van der Waals surface area contributed by atoms with E-state index in [1.807, 2.05) is 6.92 Å². The zero-order chi connectivity index (χ0) is 12.9. The summed E-state index contributed by atoms with van der Waals surface area (Å²) in [6, 6.07) is 8.06. The van der Waals surface area contributed by atoms with Crippen LogP contribution in [0.3, 0.4) is 0 Å². The predicted octanol–water partition coefficient (Wildman–Crippen LogP) is 2.53. The van der Waals surface area contributed by atoms with Crippen molar-refractivity contribution in [3.05, 3.63) is 41.8 Å². The first-order valence-electron chi connectivity index (χ1n) is 5.67. The molecule has 0 saturated heterocycles. The Kier molecular flexibility index (Phi) is 4.90. The van der Waals surface area contributed by atoms with E-state index >= 15 is 0 Å². The van der Waals surface area contributed by atoms with E-state index in [4.69, 9.17) is 0 Å². The maximum absolute atomic E-state index is 12.1. The molecular weight excluding hydrogens is 236 g/mol. The summed E-state index contributed by atoms with van der Waals surface area (Å²) in [5.74, 6) is 0. The number of aliphatic hydroxyl groups is 1. The average molecular weight is 254 g/mol. The van der Waals surface area contributed by atoms with Crippen LogP contribution in [0.5, 0.6) is 0 Å². The van der Waals surface area contributed by atoms with Crippen LogP contribution in [0.4, 0.5) is 0 Å². The highest BCUT2D eigenvalue weighted by atomic mass is 32.2. The van der Waals surface area contributed by atoms with Crippen molar-refractivity contribution in [2.45, 2.75) is 37.2 Å². The molecule has 0 amide bonds. The van der Waals surface area contributed by atoms with Crippen molar-refractivity contribution >= 4 is 9.84 Å². The Morgan fingerprint density at radius 3 is 2.47 bits per heavy atom. The summed E-state index contributed by atoms with van der Waals surface area (Å²) in [7, 11) is -3.61. The summed E-state index contributed by atoms with van der Waals surface area (Å²) < 4.78 is 24.2. The van der Waals surface area contributed by atoms with Crippen LogP contribution in [0.2, 0.25) is 0 Å². The van der Waals surface area contributed by atoms with Gasteiger partial charge in [0, 0.05) is 0 Å². The van der Waals surface area contributed by atoms with Crippen molar-refractivity contribution < 1.29 is 13.5 Å². The van der Waals surface area contributed by atoms with Gasteiger partial charge in [0.05, 0.1) is 15.9 Å². The number of hydrogen-bond acceptors (Lipinski definition) is 3. The minimum absolute atomic E-state index is 0.114. The first-order chi connectivity index (χ1) is 8.00. The summed E-state index contributed by atoms with van der Waals surface area (Å²) >= 11 is 0. The first-order valence-corrected chi connectivity index (χ1v) is 7.15. The molecule has 94 valence electrons. The van der Waals surface area contributed by atoms with Gasteiger partial charge in [-0.05, 0) is 18.6 Å². The molecule has 1 rings (SSSR count). The molecule has 0 heterocycles. The van der Waals surface area contributed by atoms with Crippen molar-refractivity contribution in [1.82, 2.24) is 0 Å². The lowest BCUT2D eigenvalue weighted by atomic mass is 10.2. The summed E-state index contributed by atoms with van der Waals surface area (Å²) in [4.78, 5) is 0.0673. The molecule has 0 aliphatic heterocycles. The predicted molar refractivity (Wildman–Crippen MR) is 68.3 cm³/mol. The Morgan fingerprint density at radius 1 is 1.35 bits per heavy atom. The van der Waals surface area contributed by atoms with Gasteiger partial charge in [-0.2, -0.15) is 0 Å². The van der Waals surface area contributed by atoms with Gasteiger partial charge in [-0.25, -0.2) is 8.42 Å². The number of benzene rings is 1. The smallest absolute Gasteiger partial charge is 0.204 e. The fraction of sp³-hybridized carbons (Fsp3) is 0.385. The molecule has 3 nitrogen and oxygen atoms in total. The van der Waals surface area contributed by atoms with Crippen LogP contribution in [-0.2, 0) is 9.84 Å². The van der Waals surface area contributed by atoms with Crippen molar-refractivity contribution in [2.75, 3.05) is 0 Å². The van der Waals surface area contributed by atoms with Crippen LogP contribution in [0.25, 0.3) is 0 Å².